The van der Waals surface area contributed by atoms with Crippen LogP contribution in [0.3, 0.4) is 0 Å². The van der Waals surface area contributed by atoms with E-state index in [2.05, 4.69) is 21.5 Å². The molecule has 0 radical (unpaired) electrons. The van der Waals surface area contributed by atoms with Crippen LogP contribution in [0, 0.1) is 5.92 Å². The van der Waals surface area contributed by atoms with Crippen molar-refractivity contribution in [2.45, 2.75) is 31.1 Å². The Bertz CT molecular complexity index is 548. The van der Waals surface area contributed by atoms with Gasteiger partial charge in [0.25, 0.3) is 0 Å². The zero-order chi connectivity index (χ0) is 15.3. The lowest BCUT2D eigenvalue weighted by Gasteiger charge is -2.30. The van der Waals surface area contributed by atoms with Crippen molar-refractivity contribution in [2.24, 2.45) is 5.92 Å². The number of hydrogen-bond acceptors (Lipinski definition) is 4. The van der Waals surface area contributed by atoms with E-state index in [-0.39, 0.29) is 10.0 Å². The number of pyridine rings is 1. The Labute approximate surface area is 131 Å². The Kier molecular flexibility index (Phi) is 5.98. The normalized spacial score (nSPS) is 20.6. The molecule has 2 heterocycles. The van der Waals surface area contributed by atoms with E-state index in [0.29, 0.717) is 6.54 Å². The van der Waals surface area contributed by atoms with Gasteiger partial charge in [0.05, 0.1) is 0 Å². The van der Waals surface area contributed by atoms with E-state index in [1.165, 1.54) is 31.2 Å². The summed E-state index contributed by atoms with van der Waals surface area (Å²) in [6.07, 6.45) is 4.62. The largest absolute Gasteiger partial charge is 0.303 e. The molecule has 0 saturated carbocycles. The van der Waals surface area contributed by atoms with Crippen LogP contribution in [0.25, 0.3) is 0 Å². The van der Waals surface area contributed by atoms with Crippen LogP contribution < -0.4 is 4.72 Å². The molecule has 1 aromatic rings. The molecule has 1 aromatic heterocycles. The Morgan fingerprint density at radius 3 is 2.95 bits per heavy atom. The molecule has 1 N–H and O–H groups in total. The fourth-order valence-corrected chi connectivity index (χ4v) is 3.73. The van der Waals surface area contributed by atoms with Crippen LogP contribution in [0.1, 0.15) is 26.2 Å². The van der Waals surface area contributed by atoms with E-state index in [1.807, 2.05) is 0 Å². The minimum absolute atomic E-state index is 0.151. The Balaban J connectivity index is 1.76. The molecular weight excluding hydrogens is 310 g/mol. The third-order valence-electron chi connectivity index (χ3n) is 3.69. The van der Waals surface area contributed by atoms with E-state index in [9.17, 15) is 8.42 Å². The van der Waals surface area contributed by atoms with Gasteiger partial charge in [-0.05, 0) is 50.4 Å². The van der Waals surface area contributed by atoms with Gasteiger partial charge in [-0.3, -0.25) is 0 Å². The lowest BCUT2D eigenvalue weighted by molar-refractivity contribution is 0.182. The highest BCUT2D eigenvalue weighted by Crippen LogP contribution is 2.15. The van der Waals surface area contributed by atoms with Gasteiger partial charge >= 0.3 is 0 Å². The molecule has 2 rings (SSSR count). The quantitative estimate of drug-likeness (QED) is 0.641. The van der Waals surface area contributed by atoms with Crippen LogP contribution in [0.2, 0.25) is 5.15 Å². The third-order valence-corrected chi connectivity index (χ3v) is 5.36. The Morgan fingerprint density at radius 1 is 1.48 bits per heavy atom. The molecule has 118 valence electrons. The van der Waals surface area contributed by atoms with Crippen LogP contribution in [-0.2, 0) is 10.0 Å². The number of likely N-dealkylation sites (tertiary alicyclic amines) is 1. The zero-order valence-electron chi connectivity index (χ0n) is 12.3. The zero-order valence-corrected chi connectivity index (χ0v) is 13.8. The lowest BCUT2D eigenvalue weighted by atomic mass is 10.0. The molecule has 0 unspecified atom stereocenters. The summed E-state index contributed by atoms with van der Waals surface area (Å²) >= 11 is 5.65. The highest BCUT2D eigenvalue weighted by molar-refractivity contribution is 7.89. The van der Waals surface area contributed by atoms with Gasteiger partial charge in [-0.2, -0.15) is 0 Å². The van der Waals surface area contributed by atoms with E-state index < -0.39 is 10.0 Å². The SMILES string of the molecule is C[C@H]1CCCN(CCCNS(=O)(=O)c2ccc(Cl)nc2)C1. The first-order valence-electron chi connectivity index (χ1n) is 7.31. The minimum Gasteiger partial charge on any atom is -0.303 e. The van der Waals surface area contributed by atoms with Gasteiger partial charge in [-0.15, -0.1) is 0 Å². The maximum Gasteiger partial charge on any atom is 0.242 e. The first-order chi connectivity index (χ1) is 9.97. The number of rotatable bonds is 6. The highest BCUT2D eigenvalue weighted by atomic mass is 35.5. The van der Waals surface area contributed by atoms with Crippen molar-refractivity contribution in [3.05, 3.63) is 23.5 Å². The number of piperidine rings is 1. The van der Waals surface area contributed by atoms with Gasteiger partial charge in [0.15, 0.2) is 0 Å². The van der Waals surface area contributed by atoms with Gasteiger partial charge in [-0.25, -0.2) is 18.1 Å². The molecule has 1 saturated heterocycles. The second-order valence-corrected chi connectivity index (χ2v) is 7.77. The van der Waals surface area contributed by atoms with Crippen molar-refractivity contribution in [1.29, 1.82) is 0 Å². The molecule has 0 aliphatic carbocycles. The molecule has 1 fully saturated rings. The molecule has 0 bridgehead atoms. The van der Waals surface area contributed by atoms with Crippen LogP contribution >= 0.6 is 11.6 Å². The molecular formula is C14H22ClN3O2S. The summed E-state index contributed by atoms with van der Waals surface area (Å²) in [5.74, 6) is 0.746. The number of nitrogens with one attached hydrogen (secondary N) is 1. The van der Waals surface area contributed by atoms with Gasteiger partial charge < -0.3 is 4.90 Å². The van der Waals surface area contributed by atoms with Gasteiger partial charge in [0.1, 0.15) is 10.0 Å². The van der Waals surface area contributed by atoms with Crippen LogP contribution in [-0.4, -0.2) is 44.5 Å². The average Bonchev–Trinajstić information content (AvgIpc) is 2.44. The number of nitrogens with zero attached hydrogens (tertiary/aromatic N) is 2. The summed E-state index contributed by atoms with van der Waals surface area (Å²) in [6.45, 7) is 5.88. The summed E-state index contributed by atoms with van der Waals surface area (Å²) < 4.78 is 26.7. The summed E-state index contributed by atoms with van der Waals surface area (Å²) in [6, 6.07) is 2.94. The van der Waals surface area contributed by atoms with Crippen LogP contribution in [0.15, 0.2) is 23.2 Å². The minimum atomic E-state index is -3.48. The molecule has 1 aliphatic rings. The summed E-state index contributed by atoms with van der Waals surface area (Å²) in [4.78, 5) is 6.35. The Morgan fingerprint density at radius 2 is 2.29 bits per heavy atom. The standard InChI is InChI=1S/C14H22ClN3O2S/c1-12-4-2-8-18(11-12)9-3-7-17-21(19,20)13-5-6-14(15)16-10-13/h5-6,10,12,17H,2-4,7-9,11H2,1H3/t12-/m0/s1. The molecule has 0 amide bonds. The van der Waals surface area contributed by atoms with Crippen LogP contribution in [0.5, 0.6) is 0 Å². The predicted molar refractivity (Wildman–Crippen MR) is 83.9 cm³/mol. The summed E-state index contributed by atoms with van der Waals surface area (Å²) in [5.41, 5.74) is 0. The first-order valence-corrected chi connectivity index (χ1v) is 9.17. The molecule has 1 atom stereocenters. The van der Waals surface area contributed by atoms with Gasteiger partial charge in [-0.1, -0.05) is 18.5 Å². The third kappa shape index (κ3) is 5.21. The van der Waals surface area contributed by atoms with E-state index in [4.69, 9.17) is 11.6 Å². The molecule has 1 aliphatic heterocycles. The Hall–Kier alpha value is -0.690. The second-order valence-electron chi connectivity index (χ2n) is 5.62. The summed E-state index contributed by atoms with van der Waals surface area (Å²) in [5, 5.41) is 0.285. The van der Waals surface area contributed by atoms with Crippen molar-refractivity contribution in [2.75, 3.05) is 26.2 Å². The van der Waals surface area contributed by atoms with E-state index in [1.54, 1.807) is 0 Å². The maximum absolute atomic E-state index is 12.0. The number of aromatic nitrogens is 1. The highest BCUT2D eigenvalue weighted by Gasteiger charge is 2.17. The summed E-state index contributed by atoms with van der Waals surface area (Å²) in [7, 11) is -3.48. The van der Waals surface area contributed by atoms with Crippen molar-refractivity contribution in [3.63, 3.8) is 0 Å². The molecule has 7 heteroatoms. The number of sulfonamides is 1. The predicted octanol–water partition coefficient (Wildman–Crippen LogP) is 2.14. The molecule has 21 heavy (non-hydrogen) atoms. The fourth-order valence-electron chi connectivity index (χ4n) is 2.60. The second kappa shape index (κ2) is 7.54. The molecule has 5 nitrogen and oxygen atoms in total. The molecule has 0 aromatic carbocycles. The van der Waals surface area contributed by atoms with Crippen molar-refractivity contribution in [1.82, 2.24) is 14.6 Å². The lowest BCUT2D eigenvalue weighted by Crippen LogP contribution is -2.36. The maximum atomic E-state index is 12.0. The van der Waals surface area contributed by atoms with Crippen molar-refractivity contribution >= 4 is 21.6 Å². The fraction of sp³-hybridized carbons (Fsp3) is 0.643. The smallest absolute Gasteiger partial charge is 0.242 e. The first kappa shape index (κ1) is 16.7. The van der Waals surface area contributed by atoms with E-state index in [0.717, 1.165) is 32.0 Å². The molecule has 0 spiro atoms. The number of hydrogen-bond donors (Lipinski definition) is 1. The van der Waals surface area contributed by atoms with Gasteiger partial charge in [0, 0.05) is 19.3 Å². The van der Waals surface area contributed by atoms with Crippen LogP contribution in [0.4, 0.5) is 0 Å². The monoisotopic (exact) mass is 331 g/mol. The topological polar surface area (TPSA) is 62.3 Å². The van der Waals surface area contributed by atoms with Gasteiger partial charge in [0.2, 0.25) is 10.0 Å². The number of halogens is 1. The average molecular weight is 332 g/mol. The van der Waals surface area contributed by atoms with Crippen molar-refractivity contribution in [3.8, 4) is 0 Å². The van der Waals surface area contributed by atoms with E-state index >= 15 is 0 Å². The van der Waals surface area contributed by atoms with Crippen molar-refractivity contribution < 1.29 is 8.42 Å².